The quantitative estimate of drug-likeness (QED) is 0.0267. The van der Waals surface area contributed by atoms with Crippen molar-refractivity contribution in [2.24, 2.45) is 7.05 Å². The van der Waals surface area contributed by atoms with Crippen LogP contribution in [0.2, 0.25) is 0 Å². The predicted molar refractivity (Wildman–Crippen MR) is 244 cm³/mol. The molecule has 0 bridgehead atoms. The molecule has 0 radical (unpaired) electrons. The largest absolute Gasteiger partial charge is 0.506 e. The van der Waals surface area contributed by atoms with Crippen molar-refractivity contribution in [2.45, 2.75) is 61.4 Å². The summed E-state index contributed by atoms with van der Waals surface area (Å²) in [6.07, 6.45) is -11.7. The van der Waals surface area contributed by atoms with Crippen LogP contribution in [0.3, 0.4) is 0 Å². The second kappa shape index (κ2) is 20.6. The van der Waals surface area contributed by atoms with E-state index in [0.29, 0.717) is 0 Å². The van der Waals surface area contributed by atoms with E-state index in [2.05, 4.69) is 48.5 Å². The first kappa shape index (κ1) is 55.0. The molecule has 9 heterocycles. The molecule has 9 unspecified atom stereocenters. The van der Waals surface area contributed by atoms with Crippen LogP contribution in [0.5, 0.6) is 0 Å². The van der Waals surface area contributed by atoms with Crippen molar-refractivity contribution in [3.8, 4) is 0 Å². The van der Waals surface area contributed by atoms with Gasteiger partial charge in [0.2, 0.25) is 23.9 Å². The van der Waals surface area contributed by atoms with Gasteiger partial charge in [-0.25, -0.2) is 42.8 Å². The van der Waals surface area contributed by atoms with Crippen LogP contribution in [0, 0.1) is 0 Å². The molecule has 0 spiro atoms. The summed E-state index contributed by atoms with van der Waals surface area (Å²) in [5, 5.41) is 32.5. The number of aliphatic hydroxyl groups is 3. The molecular weight excluding hydrogens is 1110 g/mol. The summed E-state index contributed by atoms with van der Waals surface area (Å²) < 4.78 is 115. The van der Waals surface area contributed by atoms with Crippen LogP contribution in [0.1, 0.15) is 18.7 Å². The number of imidazole rings is 3. The summed E-state index contributed by atoms with van der Waals surface area (Å²) in [6.45, 7) is -3.43. The molecule has 414 valence electrons. The number of nitrogens with one attached hydrogen (secondary N) is 2. The Hall–Kier alpha value is -5.73. The zero-order chi connectivity index (χ0) is 55.0. The van der Waals surface area contributed by atoms with E-state index in [4.69, 9.17) is 59.0 Å². The van der Waals surface area contributed by atoms with Gasteiger partial charge < -0.3 is 75.8 Å². The number of aliphatic hydroxyl groups excluding tert-OH is 3. The van der Waals surface area contributed by atoms with E-state index >= 15 is 0 Å². The molecule has 2 saturated heterocycles. The molecule has 3 aliphatic heterocycles. The lowest BCUT2D eigenvalue weighted by atomic mass is 10.1. The lowest BCUT2D eigenvalue weighted by Crippen LogP contribution is -2.46. The minimum Gasteiger partial charge on any atom is -0.506 e. The summed E-state index contributed by atoms with van der Waals surface area (Å²) in [5.41, 5.74) is 15.6. The van der Waals surface area contributed by atoms with Crippen molar-refractivity contribution >= 4 is 82.5 Å². The number of rotatable bonds is 20. The summed E-state index contributed by atoms with van der Waals surface area (Å²) >= 11 is 0. The standard InChI is InChI=1S/C33H43N15O24P4/c1-45-10-48(26-16(45)28(53)44-33(36)42-26)29-19(51)17(49)11(67-29)4-65-74(56,57)71-76(60,61)72-75(58,59)66-6-13-20(22(63-3)31(69-13)46-8-39-14-23(34)37-7-38-24(14)46)70-73(54,55)64-5-12-18(50)21(62-2)30(68-12)47-9-40-15-25(47)41-32(35)43-27(15)52/h7-11,13,17,19-22,29-31,49,51H,4-6H2,1-3H3,(H12-,34,35,36,37,38,41,42,43,44,50,52,53,54,55,56,57,58,59,60,61)/p+1/t11-,13-,17?,19?,20?,21?,22?,29-,30-,31-/m1/s1. The van der Waals surface area contributed by atoms with Gasteiger partial charge in [-0.15, -0.1) is 0 Å². The van der Waals surface area contributed by atoms with Crippen molar-refractivity contribution in [2.75, 3.05) is 51.2 Å². The molecule has 0 aromatic carbocycles. The van der Waals surface area contributed by atoms with E-state index in [9.17, 15) is 62.7 Å². The highest BCUT2D eigenvalue weighted by atomic mass is 31.3. The summed E-state index contributed by atoms with van der Waals surface area (Å²) in [7, 11) is -19.7. The molecule has 15 N–H and O–H groups in total. The second-order valence-corrected chi connectivity index (χ2v) is 22.4. The molecule has 0 aliphatic carbocycles. The van der Waals surface area contributed by atoms with E-state index in [1.807, 2.05) is 0 Å². The molecule has 43 heteroatoms. The van der Waals surface area contributed by atoms with E-state index in [1.165, 1.54) is 34.2 Å². The molecule has 0 amide bonds. The van der Waals surface area contributed by atoms with Gasteiger partial charge in [0.05, 0.1) is 26.6 Å². The monoisotopic (exact) mass is 1160 g/mol. The zero-order valence-electron chi connectivity index (χ0n) is 38.8. The van der Waals surface area contributed by atoms with E-state index in [-0.39, 0.29) is 51.2 Å². The Labute approximate surface area is 420 Å². The number of methoxy groups -OCH3 is 2. The Bertz CT molecular complexity index is 3570. The highest BCUT2D eigenvalue weighted by Gasteiger charge is 2.53. The number of fused-ring (bicyclic) bond motifs is 3. The third-order valence-electron chi connectivity index (χ3n) is 11.5. The molecule has 3 aliphatic rings. The number of H-pyrrole nitrogens is 2. The molecule has 14 atom stereocenters. The SMILES string of the molecule is COC1C(O)=C(COP(=O)(O)OC2C(OC)[C@H](n3cnc4c(N)ncnc43)O[C@@H]2COP(=O)(O)OP(=O)(O)OP(=O)(O)OC[C@H]2O[C@@H]([n+]3cn(C)c4c(=O)[nH]c(N)nc43)C(O)C2O)O[C@H]1n1cnc2c(=O)[nH]c(N)nc21. The number of hydrogen-bond acceptors (Lipinski definition) is 29. The number of anilines is 3. The third kappa shape index (κ3) is 10.8. The molecule has 9 rings (SSSR count). The number of phosphoric acid groups is 4. The minimum atomic E-state index is -6.20. The van der Waals surface area contributed by atoms with Gasteiger partial charge in [-0.2, -0.15) is 13.6 Å². The fourth-order valence-corrected chi connectivity index (χ4v) is 12.7. The number of nitrogens with two attached hydrogens (primary N) is 3. The number of phosphoric ester groups is 3. The van der Waals surface area contributed by atoms with Crippen LogP contribution >= 0.6 is 31.3 Å². The van der Waals surface area contributed by atoms with Gasteiger partial charge in [-0.3, -0.25) is 51.4 Å². The topological polar surface area (TPSA) is 551 Å². The van der Waals surface area contributed by atoms with Crippen molar-refractivity contribution in [3.05, 3.63) is 57.5 Å². The molecule has 2 fully saturated rings. The molecule has 6 aromatic heterocycles. The van der Waals surface area contributed by atoms with Crippen LogP contribution in [-0.4, -0.2) is 165 Å². The number of aromatic nitrogens is 12. The predicted octanol–water partition coefficient (Wildman–Crippen LogP) is -3.02. The maximum absolute atomic E-state index is 13.7. The first-order valence-corrected chi connectivity index (χ1v) is 27.3. The maximum atomic E-state index is 13.7. The average Bonchev–Trinajstić information content (AvgIpc) is 4.21. The smallest absolute Gasteiger partial charge is 0.490 e. The fourth-order valence-electron chi connectivity index (χ4n) is 8.26. The maximum Gasteiger partial charge on any atom is 0.490 e. The molecule has 76 heavy (non-hydrogen) atoms. The van der Waals surface area contributed by atoms with Crippen LogP contribution in [0.15, 0.2) is 46.4 Å². The van der Waals surface area contributed by atoms with Gasteiger partial charge in [-0.1, -0.05) is 4.98 Å². The van der Waals surface area contributed by atoms with Crippen molar-refractivity contribution in [1.82, 2.24) is 53.6 Å². The van der Waals surface area contributed by atoms with Crippen LogP contribution in [0.4, 0.5) is 17.7 Å². The number of hydrogen-bond donors (Lipinski definition) is 12. The Balaban J connectivity index is 0.871. The van der Waals surface area contributed by atoms with Gasteiger partial charge in [0.1, 0.15) is 61.4 Å². The van der Waals surface area contributed by atoms with Gasteiger partial charge in [0.15, 0.2) is 52.8 Å². The Morgan fingerprint density at radius 2 is 1.37 bits per heavy atom. The Morgan fingerprint density at radius 3 is 2.04 bits per heavy atom. The number of aryl methyl sites for hydroxylation is 1. The minimum absolute atomic E-state index is 0.0131. The number of ether oxygens (including phenoxy) is 5. The molecule has 0 saturated carbocycles. The van der Waals surface area contributed by atoms with E-state index < -0.39 is 135 Å². The summed E-state index contributed by atoms with van der Waals surface area (Å²) in [4.78, 5) is 96.0. The Morgan fingerprint density at radius 1 is 0.737 bits per heavy atom. The van der Waals surface area contributed by atoms with E-state index in [1.54, 1.807) is 0 Å². The normalized spacial score (nSPS) is 28.2. The van der Waals surface area contributed by atoms with Crippen LogP contribution in [0.25, 0.3) is 33.5 Å². The van der Waals surface area contributed by atoms with Gasteiger partial charge in [0.25, 0.3) is 17.1 Å². The Kier molecular flexibility index (Phi) is 14.9. The number of nitrogen functional groups attached to an aromatic ring is 3. The lowest BCUT2D eigenvalue weighted by molar-refractivity contribution is -0.745. The first-order chi connectivity index (χ1) is 35.7. The summed E-state index contributed by atoms with van der Waals surface area (Å²) in [6, 6.07) is 0. The first-order valence-electron chi connectivity index (χ1n) is 21.3. The molecule has 6 aromatic rings. The van der Waals surface area contributed by atoms with Crippen molar-refractivity contribution in [3.63, 3.8) is 0 Å². The zero-order valence-corrected chi connectivity index (χ0v) is 42.3. The van der Waals surface area contributed by atoms with Crippen molar-refractivity contribution < 1.29 is 108 Å². The van der Waals surface area contributed by atoms with E-state index in [0.717, 1.165) is 30.7 Å². The van der Waals surface area contributed by atoms with Crippen LogP contribution in [-0.2, 0) is 75.7 Å². The molecule has 39 nitrogen and oxygen atoms in total. The van der Waals surface area contributed by atoms with Crippen molar-refractivity contribution in [1.29, 1.82) is 0 Å². The van der Waals surface area contributed by atoms with Gasteiger partial charge >= 0.3 is 36.9 Å². The fraction of sp³-hybridized carbons (Fsp3) is 0.485. The highest BCUT2D eigenvalue weighted by molar-refractivity contribution is 7.66. The van der Waals surface area contributed by atoms with Crippen LogP contribution < -0.4 is 32.9 Å². The third-order valence-corrected chi connectivity index (χ3v) is 16.7. The second-order valence-electron chi connectivity index (χ2n) is 16.4. The number of aromatic amines is 2. The lowest BCUT2D eigenvalue weighted by Gasteiger charge is -2.25. The van der Waals surface area contributed by atoms with Gasteiger partial charge in [0, 0.05) is 14.2 Å². The average molecular weight is 1160 g/mol. The molecular formula is C33H44N15O24P4+. The summed E-state index contributed by atoms with van der Waals surface area (Å²) in [5.74, 6) is -1.80. The number of nitrogens with zero attached hydrogens (tertiary/aromatic N) is 10. The highest BCUT2D eigenvalue weighted by Crippen LogP contribution is 2.68. The van der Waals surface area contributed by atoms with Gasteiger partial charge in [-0.05, 0) is 0 Å².